The van der Waals surface area contributed by atoms with Crippen LogP contribution in [0.3, 0.4) is 0 Å². The summed E-state index contributed by atoms with van der Waals surface area (Å²) in [5, 5.41) is 0.291. The van der Waals surface area contributed by atoms with Crippen LogP contribution >= 0.6 is 11.8 Å². The van der Waals surface area contributed by atoms with E-state index < -0.39 is 0 Å². The predicted octanol–water partition coefficient (Wildman–Crippen LogP) is 3.23. The molecule has 3 amide bonds. The summed E-state index contributed by atoms with van der Waals surface area (Å²) in [7, 11) is 0. The Kier molecular flexibility index (Phi) is 5.38. The molecule has 0 bridgehead atoms. The van der Waals surface area contributed by atoms with E-state index in [9.17, 15) is 9.59 Å². The summed E-state index contributed by atoms with van der Waals surface area (Å²) in [4.78, 5) is 30.7. The van der Waals surface area contributed by atoms with Crippen LogP contribution in [0.15, 0.2) is 53.1 Å². The number of para-hydroxylation sites is 1. The van der Waals surface area contributed by atoms with Crippen molar-refractivity contribution in [1.29, 1.82) is 0 Å². The van der Waals surface area contributed by atoms with Crippen molar-refractivity contribution in [3.8, 4) is 0 Å². The second-order valence-corrected chi connectivity index (χ2v) is 8.05. The smallest absolute Gasteiger partial charge is 0.325 e. The first kappa shape index (κ1) is 18.0. The SMILES string of the molecule is O=C(CN1CCN(c2ccccc2)C1=O)N1CCS[C@@H](c2ccco2)CC1. The fraction of sp³-hybridized carbons (Fsp3) is 0.400. The van der Waals surface area contributed by atoms with Gasteiger partial charge in [0.2, 0.25) is 5.91 Å². The lowest BCUT2D eigenvalue weighted by molar-refractivity contribution is -0.131. The molecular weight excluding hydrogens is 362 g/mol. The average molecular weight is 385 g/mol. The molecule has 2 aromatic rings. The van der Waals surface area contributed by atoms with Gasteiger partial charge in [0.25, 0.3) is 0 Å². The molecule has 2 aliphatic heterocycles. The lowest BCUT2D eigenvalue weighted by Gasteiger charge is -2.24. The second kappa shape index (κ2) is 8.08. The van der Waals surface area contributed by atoms with E-state index in [1.807, 2.05) is 59.1 Å². The third-order valence-electron chi connectivity index (χ3n) is 5.04. The topological polar surface area (TPSA) is 57.0 Å². The van der Waals surface area contributed by atoms with Gasteiger partial charge in [-0.15, -0.1) is 11.8 Å². The van der Waals surface area contributed by atoms with Gasteiger partial charge in [-0.2, -0.15) is 0 Å². The minimum atomic E-state index is -0.0905. The Hall–Kier alpha value is -2.41. The van der Waals surface area contributed by atoms with Crippen molar-refractivity contribution in [3.05, 3.63) is 54.5 Å². The van der Waals surface area contributed by atoms with Gasteiger partial charge < -0.3 is 14.2 Å². The van der Waals surface area contributed by atoms with Crippen molar-refractivity contribution in [2.24, 2.45) is 0 Å². The highest BCUT2D eigenvalue weighted by Gasteiger charge is 2.32. The van der Waals surface area contributed by atoms with Crippen LogP contribution < -0.4 is 4.90 Å². The summed E-state index contributed by atoms with van der Waals surface area (Å²) in [5.74, 6) is 1.88. The molecule has 1 aromatic carbocycles. The number of urea groups is 1. The van der Waals surface area contributed by atoms with Gasteiger partial charge in [0, 0.05) is 37.6 Å². The van der Waals surface area contributed by atoms with E-state index >= 15 is 0 Å². The average Bonchev–Trinajstić information content (AvgIpc) is 3.27. The molecule has 0 N–H and O–H groups in total. The Morgan fingerprint density at radius 3 is 2.70 bits per heavy atom. The lowest BCUT2D eigenvalue weighted by Crippen LogP contribution is -2.43. The Morgan fingerprint density at radius 2 is 1.93 bits per heavy atom. The zero-order chi connectivity index (χ0) is 18.6. The van der Waals surface area contributed by atoms with E-state index in [2.05, 4.69) is 0 Å². The number of nitrogens with zero attached hydrogens (tertiary/aromatic N) is 3. The largest absolute Gasteiger partial charge is 0.468 e. The Morgan fingerprint density at radius 1 is 1.07 bits per heavy atom. The highest BCUT2D eigenvalue weighted by atomic mass is 32.2. The first-order valence-corrected chi connectivity index (χ1v) is 10.3. The molecule has 142 valence electrons. The van der Waals surface area contributed by atoms with Crippen molar-refractivity contribution >= 4 is 29.4 Å². The fourth-order valence-electron chi connectivity index (χ4n) is 3.56. The molecule has 0 unspecified atom stereocenters. The quantitative estimate of drug-likeness (QED) is 0.811. The lowest BCUT2D eigenvalue weighted by atomic mass is 10.2. The Balaban J connectivity index is 1.33. The van der Waals surface area contributed by atoms with Gasteiger partial charge >= 0.3 is 6.03 Å². The summed E-state index contributed by atoms with van der Waals surface area (Å²) in [6, 6.07) is 13.4. The summed E-state index contributed by atoms with van der Waals surface area (Å²) in [6.45, 7) is 2.76. The van der Waals surface area contributed by atoms with Crippen LogP contribution in [0, 0.1) is 0 Å². The van der Waals surface area contributed by atoms with Gasteiger partial charge in [-0.25, -0.2) is 4.79 Å². The van der Waals surface area contributed by atoms with Crippen molar-refractivity contribution in [2.75, 3.05) is 43.4 Å². The maximum Gasteiger partial charge on any atom is 0.325 e. The first-order chi connectivity index (χ1) is 13.2. The molecule has 2 saturated heterocycles. The van der Waals surface area contributed by atoms with Gasteiger partial charge in [-0.05, 0) is 30.7 Å². The van der Waals surface area contributed by atoms with Crippen LogP contribution in [0.25, 0.3) is 0 Å². The van der Waals surface area contributed by atoms with E-state index in [0.29, 0.717) is 31.4 Å². The second-order valence-electron chi connectivity index (χ2n) is 6.74. The highest BCUT2D eigenvalue weighted by Crippen LogP contribution is 2.34. The third-order valence-corrected chi connectivity index (χ3v) is 6.33. The number of thioether (sulfide) groups is 1. The fourth-order valence-corrected chi connectivity index (χ4v) is 4.74. The van der Waals surface area contributed by atoms with Crippen LogP contribution in [0.1, 0.15) is 17.4 Å². The molecule has 4 rings (SSSR count). The molecule has 0 aliphatic carbocycles. The van der Waals surface area contributed by atoms with Gasteiger partial charge in [-0.3, -0.25) is 9.69 Å². The molecular formula is C20H23N3O3S. The van der Waals surface area contributed by atoms with Crippen LogP contribution in [0.5, 0.6) is 0 Å². The maximum absolute atomic E-state index is 12.8. The molecule has 2 fully saturated rings. The normalized spacial score (nSPS) is 20.8. The summed E-state index contributed by atoms with van der Waals surface area (Å²) >= 11 is 1.83. The summed E-state index contributed by atoms with van der Waals surface area (Å²) < 4.78 is 5.52. The molecule has 2 aliphatic rings. The summed E-state index contributed by atoms with van der Waals surface area (Å²) in [6.07, 6.45) is 2.56. The predicted molar refractivity (Wildman–Crippen MR) is 106 cm³/mol. The van der Waals surface area contributed by atoms with Crippen molar-refractivity contribution in [2.45, 2.75) is 11.7 Å². The molecule has 0 radical (unpaired) electrons. The first-order valence-electron chi connectivity index (χ1n) is 9.26. The van der Waals surface area contributed by atoms with Crippen molar-refractivity contribution in [1.82, 2.24) is 9.80 Å². The van der Waals surface area contributed by atoms with Crippen LogP contribution in [0.4, 0.5) is 10.5 Å². The van der Waals surface area contributed by atoms with Crippen LogP contribution in [-0.2, 0) is 4.79 Å². The zero-order valence-electron chi connectivity index (χ0n) is 15.1. The number of rotatable bonds is 4. The number of hydrogen-bond donors (Lipinski definition) is 0. The van der Waals surface area contributed by atoms with E-state index in [1.165, 1.54) is 0 Å². The zero-order valence-corrected chi connectivity index (χ0v) is 15.9. The van der Waals surface area contributed by atoms with Gasteiger partial charge in [-0.1, -0.05) is 18.2 Å². The molecule has 3 heterocycles. The number of benzene rings is 1. The maximum atomic E-state index is 12.8. The van der Waals surface area contributed by atoms with E-state index in [4.69, 9.17) is 4.42 Å². The molecule has 6 nitrogen and oxygen atoms in total. The van der Waals surface area contributed by atoms with E-state index in [1.54, 1.807) is 16.1 Å². The number of carbonyl (C=O) groups is 2. The van der Waals surface area contributed by atoms with Gasteiger partial charge in [0.15, 0.2) is 0 Å². The number of anilines is 1. The monoisotopic (exact) mass is 385 g/mol. The molecule has 0 spiro atoms. The van der Waals surface area contributed by atoms with E-state index in [-0.39, 0.29) is 18.5 Å². The van der Waals surface area contributed by atoms with Crippen molar-refractivity contribution in [3.63, 3.8) is 0 Å². The number of carbonyl (C=O) groups excluding carboxylic acids is 2. The van der Waals surface area contributed by atoms with Crippen molar-refractivity contribution < 1.29 is 14.0 Å². The van der Waals surface area contributed by atoms with Gasteiger partial charge in [0.1, 0.15) is 12.3 Å². The molecule has 0 saturated carbocycles. The minimum Gasteiger partial charge on any atom is -0.468 e. The molecule has 27 heavy (non-hydrogen) atoms. The third kappa shape index (κ3) is 3.98. The molecule has 1 atom stereocenters. The van der Waals surface area contributed by atoms with Crippen LogP contribution in [-0.4, -0.2) is 60.2 Å². The Bertz CT molecular complexity index is 781. The minimum absolute atomic E-state index is 0.0268. The Labute approximate surface area is 163 Å². The number of hydrogen-bond acceptors (Lipinski definition) is 4. The molecule has 1 aromatic heterocycles. The summed E-state index contributed by atoms with van der Waals surface area (Å²) in [5.41, 5.74) is 0.880. The van der Waals surface area contributed by atoms with E-state index in [0.717, 1.165) is 23.6 Å². The standard InChI is InChI=1S/C20H23N3O3S/c24-19(21-9-8-18(27-14-12-21)17-7-4-13-26-17)15-22-10-11-23(20(22)25)16-5-2-1-3-6-16/h1-7,13,18H,8-12,14-15H2/t18-/m1/s1. The number of furan rings is 1. The van der Waals surface area contributed by atoms with Gasteiger partial charge in [0.05, 0.1) is 11.5 Å². The van der Waals surface area contributed by atoms with Crippen LogP contribution in [0.2, 0.25) is 0 Å². The number of amides is 3. The molecule has 7 heteroatoms. The highest BCUT2D eigenvalue weighted by molar-refractivity contribution is 7.99.